The summed E-state index contributed by atoms with van der Waals surface area (Å²) in [5, 5.41) is 10.2. The van der Waals surface area contributed by atoms with Crippen molar-refractivity contribution >= 4 is 10.1 Å². The fourth-order valence-electron chi connectivity index (χ4n) is 2.20. The summed E-state index contributed by atoms with van der Waals surface area (Å²) in [6.45, 7) is 9.08. The molecule has 18 heavy (non-hydrogen) atoms. The Morgan fingerprint density at radius 1 is 1.11 bits per heavy atom. The fraction of sp³-hybridized carbons (Fsp3) is 0.538. The average Bonchev–Trinajstić information content (AvgIpc) is 2.13. The van der Waals surface area contributed by atoms with E-state index in [1.807, 2.05) is 27.7 Å². The van der Waals surface area contributed by atoms with Gasteiger partial charge in [-0.15, -0.1) is 0 Å². The first-order valence-corrected chi connectivity index (χ1v) is 7.35. The van der Waals surface area contributed by atoms with Gasteiger partial charge in [0.2, 0.25) is 0 Å². The van der Waals surface area contributed by atoms with E-state index in [1.54, 1.807) is 6.92 Å². The Labute approximate surface area is 108 Å². The van der Waals surface area contributed by atoms with E-state index < -0.39 is 10.1 Å². The molecule has 0 saturated carbocycles. The third-order valence-electron chi connectivity index (χ3n) is 3.07. The molecule has 2 N–H and O–H groups in total. The Hall–Kier alpha value is -1.07. The normalized spacial score (nSPS) is 12.4. The summed E-state index contributed by atoms with van der Waals surface area (Å²) in [4.78, 5) is -0.118. The summed E-state index contributed by atoms with van der Waals surface area (Å²) >= 11 is 0. The molecule has 1 aromatic rings. The Morgan fingerprint density at radius 3 is 1.94 bits per heavy atom. The largest absolute Gasteiger partial charge is 0.507 e. The molecule has 5 heteroatoms. The molecule has 0 atom stereocenters. The van der Waals surface area contributed by atoms with Crippen LogP contribution in [0.3, 0.4) is 0 Å². The summed E-state index contributed by atoms with van der Waals surface area (Å²) in [7, 11) is -4.27. The maximum absolute atomic E-state index is 11.4. The van der Waals surface area contributed by atoms with Crippen molar-refractivity contribution in [3.63, 3.8) is 0 Å². The molecule has 1 aromatic carbocycles. The molecule has 0 spiro atoms. The predicted molar refractivity (Wildman–Crippen MR) is 70.8 cm³/mol. The van der Waals surface area contributed by atoms with Crippen molar-refractivity contribution in [3.05, 3.63) is 22.8 Å². The average molecular weight is 272 g/mol. The Kier molecular flexibility index (Phi) is 4.08. The molecular formula is C13H20O4S. The van der Waals surface area contributed by atoms with Gasteiger partial charge in [-0.2, -0.15) is 8.42 Å². The van der Waals surface area contributed by atoms with Gasteiger partial charge in [0.15, 0.2) is 0 Å². The smallest absolute Gasteiger partial charge is 0.294 e. The van der Waals surface area contributed by atoms with Crippen LogP contribution in [-0.2, 0) is 10.1 Å². The zero-order chi connectivity index (χ0) is 14.2. The number of phenolic OH excluding ortho intramolecular Hbond substituents is 1. The summed E-state index contributed by atoms with van der Waals surface area (Å²) in [5.41, 5.74) is 1.53. The van der Waals surface area contributed by atoms with Crippen molar-refractivity contribution in [2.45, 2.75) is 51.3 Å². The Morgan fingerprint density at radius 2 is 1.61 bits per heavy atom. The van der Waals surface area contributed by atoms with Crippen molar-refractivity contribution in [2.75, 3.05) is 0 Å². The minimum atomic E-state index is -4.27. The second kappa shape index (κ2) is 4.90. The van der Waals surface area contributed by atoms with Gasteiger partial charge in [0.1, 0.15) is 5.75 Å². The molecule has 102 valence electrons. The van der Waals surface area contributed by atoms with Crippen molar-refractivity contribution in [2.24, 2.45) is 0 Å². The highest BCUT2D eigenvalue weighted by molar-refractivity contribution is 7.85. The van der Waals surface area contributed by atoms with Crippen LogP contribution < -0.4 is 0 Å². The van der Waals surface area contributed by atoms with Crippen LogP contribution in [0.4, 0.5) is 0 Å². The van der Waals surface area contributed by atoms with E-state index in [2.05, 4.69) is 0 Å². The maximum Gasteiger partial charge on any atom is 0.294 e. The van der Waals surface area contributed by atoms with E-state index >= 15 is 0 Å². The number of rotatable bonds is 3. The number of hydrogen-bond donors (Lipinski definition) is 2. The molecule has 0 heterocycles. The molecule has 0 aromatic heterocycles. The highest BCUT2D eigenvalue weighted by atomic mass is 32.2. The van der Waals surface area contributed by atoms with E-state index in [1.165, 1.54) is 6.07 Å². The summed E-state index contributed by atoms with van der Waals surface area (Å²) in [6.07, 6.45) is 0. The van der Waals surface area contributed by atoms with Gasteiger partial charge in [0, 0.05) is 5.56 Å². The van der Waals surface area contributed by atoms with E-state index in [0.29, 0.717) is 16.7 Å². The first kappa shape index (κ1) is 15.0. The van der Waals surface area contributed by atoms with Gasteiger partial charge >= 0.3 is 0 Å². The second-order valence-electron chi connectivity index (χ2n) is 5.14. The quantitative estimate of drug-likeness (QED) is 0.829. The van der Waals surface area contributed by atoms with E-state index in [4.69, 9.17) is 0 Å². The van der Waals surface area contributed by atoms with E-state index in [-0.39, 0.29) is 22.5 Å². The van der Waals surface area contributed by atoms with Crippen molar-refractivity contribution < 1.29 is 18.1 Å². The first-order chi connectivity index (χ1) is 8.07. The molecule has 0 fully saturated rings. The summed E-state index contributed by atoms with van der Waals surface area (Å²) in [5.74, 6) is 0.0812. The van der Waals surface area contributed by atoms with Crippen LogP contribution >= 0.6 is 0 Å². The summed E-state index contributed by atoms with van der Waals surface area (Å²) < 4.78 is 32.0. The lowest BCUT2D eigenvalue weighted by Crippen LogP contribution is -2.07. The topological polar surface area (TPSA) is 74.6 Å². The lowest BCUT2D eigenvalue weighted by molar-refractivity contribution is 0.451. The van der Waals surface area contributed by atoms with Crippen LogP contribution in [0, 0.1) is 6.92 Å². The zero-order valence-corrected chi connectivity index (χ0v) is 12.2. The molecule has 0 aliphatic rings. The minimum Gasteiger partial charge on any atom is -0.507 e. The Balaban J connectivity index is 3.78. The van der Waals surface area contributed by atoms with Crippen LogP contribution in [0.2, 0.25) is 0 Å². The van der Waals surface area contributed by atoms with E-state index in [9.17, 15) is 18.1 Å². The second-order valence-corrected chi connectivity index (χ2v) is 6.53. The van der Waals surface area contributed by atoms with Crippen LogP contribution in [0.15, 0.2) is 11.0 Å². The summed E-state index contributed by atoms with van der Waals surface area (Å²) in [6, 6.07) is 1.36. The lowest BCUT2D eigenvalue weighted by Gasteiger charge is -2.19. The van der Waals surface area contributed by atoms with Crippen LogP contribution in [0.5, 0.6) is 5.75 Å². The fourth-order valence-corrected chi connectivity index (χ4v) is 2.97. The van der Waals surface area contributed by atoms with Gasteiger partial charge in [-0.05, 0) is 36.0 Å². The number of hydrogen-bond acceptors (Lipinski definition) is 3. The monoisotopic (exact) mass is 272 g/mol. The van der Waals surface area contributed by atoms with Gasteiger partial charge in [-0.25, -0.2) is 0 Å². The standard InChI is InChI=1S/C13H20O4S/c1-7(2)10-6-11(18(15,16)17)9(5)12(8(3)4)13(10)14/h6-8,14H,1-5H3,(H,15,16,17). The van der Waals surface area contributed by atoms with E-state index in [0.717, 1.165) is 0 Å². The van der Waals surface area contributed by atoms with Crippen LogP contribution in [-0.4, -0.2) is 18.1 Å². The number of phenols is 1. The SMILES string of the molecule is Cc1c(S(=O)(=O)O)cc(C(C)C)c(O)c1C(C)C. The van der Waals surface area contributed by atoms with Crippen LogP contribution in [0.25, 0.3) is 0 Å². The molecule has 0 radical (unpaired) electrons. The molecule has 4 nitrogen and oxygen atoms in total. The van der Waals surface area contributed by atoms with Gasteiger partial charge in [0.05, 0.1) is 4.90 Å². The maximum atomic E-state index is 11.4. The molecule has 0 saturated heterocycles. The van der Waals surface area contributed by atoms with Gasteiger partial charge in [0.25, 0.3) is 10.1 Å². The molecule has 0 bridgehead atoms. The molecule has 0 aliphatic carbocycles. The number of aromatic hydroxyl groups is 1. The molecular weight excluding hydrogens is 252 g/mol. The number of benzene rings is 1. The highest BCUT2D eigenvalue weighted by Gasteiger charge is 2.24. The van der Waals surface area contributed by atoms with Crippen molar-refractivity contribution in [1.82, 2.24) is 0 Å². The minimum absolute atomic E-state index is 0.0239. The van der Waals surface area contributed by atoms with Gasteiger partial charge in [-0.3, -0.25) is 4.55 Å². The predicted octanol–water partition coefficient (Wildman–Crippen LogP) is 3.19. The highest BCUT2D eigenvalue weighted by Crippen LogP contribution is 2.39. The molecule has 0 unspecified atom stereocenters. The molecule has 0 aliphatic heterocycles. The lowest BCUT2D eigenvalue weighted by atomic mass is 9.90. The van der Waals surface area contributed by atoms with Crippen LogP contribution in [0.1, 0.15) is 56.2 Å². The van der Waals surface area contributed by atoms with Gasteiger partial charge < -0.3 is 5.11 Å². The third-order valence-corrected chi connectivity index (χ3v) is 4.05. The zero-order valence-electron chi connectivity index (χ0n) is 11.4. The molecule has 1 rings (SSSR count). The van der Waals surface area contributed by atoms with Crippen molar-refractivity contribution in [1.29, 1.82) is 0 Å². The van der Waals surface area contributed by atoms with Crippen molar-refractivity contribution in [3.8, 4) is 5.75 Å². The van der Waals surface area contributed by atoms with Gasteiger partial charge in [-0.1, -0.05) is 27.7 Å². The third kappa shape index (κ3) is 2.67. The molecule has 0 amide bonds. The Bertz CT molecular complexity index is 557. The first-order valence-electron chi connectivity index (χ1n) is 5.91.